The van der Waals surface area contributed by atoms with Crippen molar-refractivity contribution >= 4 is 0 Å². The summed E-state index contributed by atoms with van der Waals surface area (Å²) in [4.78, 5) is 3.08. The number of halogens is 3. The van der Waals surface area contributed by atoms with E-state index in [1.165, 1.54) is 0 Å². The van der Waals surface area contributed by atoms with E-state index in [-0.39, 0.29) is 24.1 Å². The van der Waals surface area contributed by atoms with Crippen LogP contribution in [0.3, 0.4) is 0 Å². The van der Waals surface area contributed by atoms with Gasteiger partial charge in [0.15, 0.2) is 0 Å². The third-order valence-electron chi connectivity index (χ3n) is 1.90. The molecule has 0 radical (unpaired) electrons. The Balaban J connectivity index is 3.34. The summed E-state index contributed by atoms with van der Waals surface area (Å²) >= 11 is 0. The maximum absolute atomic E-state index is 12.8. The fourth-order valence-corrected chi connectivity index (χ4v) is 1.26. The second-order valence-electron chi connectivity index (χ2n) is 2.81. The molecule has 1 aromatic heterocycles. The van der Waals surface area contributed by atoms with E-state index < -0.39 is 18.1 Å². The lowest BCUT2D eigenvalue weighted by Gasteiger charge is -2.09. The molecule has 1 aromatic rings. The molecule has 0 aliphatic rings. The highest BCUT2D eigenvalue weighted by molar-refractivity contribution is 5.33. The monoisotopic (exact) mass is 215 g/mol. The summed E-state index contributed by atoms with van der Waals surface area (Å²) in [6, 6.07) is 2.69. The number of hydrogen-bond donors (Lipinski definition) is 1. The smallest absolute Gasteiger partial charge is 0.280 e. The Bertz CT molecular complexity index is 398. The van der Waals surface area contributed by atoms with Crippen LogP contribution < -0.4 is 5.73 Å². The summed E-state index contributed by atoms with van der Waals surface area (Å²) in [6.07, 6.45) is -3.16. The van der Waals surface area contributed by atoms with Crippen molar-refractivity contribution in [2.75, 3.05) is 0 Å². The second kappa shape index (κ2) is 4.75. The standard InChI is InChI=1S/C9H8F3N3/c10-7-3-5(4-14)6(1-2-13)8(15-7)9(11)12/h3,9H,1,4,14H2. The minimum absolute atomic E-state index is 0.0244. The highest BCUT2D eigenvalue weighted by Crippen LogP contribution is 2.24. The van der Waals surface area contributed by atoms with Gasteiger partial charge < -0.3 is 5.73 Å². The molecule has 15 heavy (non-hydrogen) atoms. The van der Waals surface area contributed by atoms with Gasteiger partial charge in [-0.25, -0.2) is 13.8 Å². The zero-order chi connectivity index (χ0) is 11.4. The number of nitriles is 1. The minimum Gasteiger partial charge on any atom is -0.326 e. The topological polar surface area (TPSA) is 62.7 Å². The number of nitrogens with two attached hydrogens (primary N) is 1. The second-order valence-corrected chi connectivity index (χ2v) is 2.81. The van der Waals surface area contributed by atoms with Crippen LogP contribution in [0.2, 0.25) is 0 Å². The lowest BCUT2D eigenvalue weighted by Crippen LogP contribution is -2.09. The van der Waals surface area contributed by atoms with Crippen LogP contribution in [0.5, 0.6) is 0 Å². The largest absolute Gasteiger partial charge is 0.326 e. The number of pyridine rings is 1. The van der Waals surface area contributed by atoms with Crippen LogP contribution in [-0.2, 0) is 13.0 Å². The molecule has 0 saturated heterocycles. The number of aromatic nitrogens is 1. The van der Waals surface area contributed by atoms with Crippen molar-refractivity contribution in [3.8, 4) is 6.07 Å². The molecule has 0 aliphatic carbocycles. The average molecular weight is 215 g/mol. The first-order valence-corrected chi connectivity index (χ1v) is 4.13. The lowest BCUT2D eigenvalue weighted by molar-refractivity contribution is 0.143. The quantitative estimate of drug-likeness (QED) is 0.780. The molecule has 0 aromatic carbocycles. The van der Waals surface area contributed by atoms with E-state index in [0.29, 0.717) is 0 Å². The van der Waals surface area contributed by atoms with E-state index in [4.69, 9.17) is 11.0 Å². The minimum atomic E-state index is -2.91. The molecule has 0 aliphatic heterocycles. The van der Waals surface area contributed by atoms with Gasteiger partial charge in [-0.2, -0.15) is 9.65 Å². The molecule has 2 N–H and O–H groups in total. The van der Waals surface area contributed by atoms with Gasteiger partial charge in [0.2, 0.25) is 5.95 Å². The number of rotatable bonds is 3. The SMILES string of the molecule is N#CCc1c(CN)cc(F)nc1C(F)F. The van der Waals surface area contributed by atoms with E-state index in [9.17, 15) is 13.2 Å². The molecule has 1 rings (SSSR count). The molecule has 0 atom stereocenters. The Morgan fingerprint density at radius 2 is 2.20 bits per heavy atom. The van der Waals surface area contributed by atoms with Crippen molar-refractivity contribution < 1.29 is 13.2 Å². The first-order valence-electron chi connectivity index (χ1n) is 4.13. The van der Waals surface area contributed by atoms with Crippen LogP contribution >= 0.6 is 0 Å². The Morgan fingerprint density at radius 3 is 2.67 bits per heavy atom. The van der Waals surface area contributed by atoms with Crippen molar-refractivity contribution in [2.45, 2.75) is 19.4 Å². The summed E-state index contributed by atoms with van der Waals surface area (Å²) in [7, 11) is 0. The van der Waals surface area contributed by atoms with Gasteiger partial charge in [0, 0.05) is 6.54 Å². The van der Waals surface area contributed by atoms with Crippen LogP contribution in [0.15, 0.2) is 6.07 Å². The van der Waals surface area contributed by atoms with Gasteiger partial charge in [0.05, 0.1) is 12.5 Å². The molecule has 0 unspecified atom stereocenters. The highest BCUT2D eigenvalue weighted by Gasteiger charge is 2.19. The summed E-state index contributed by atoms with van der Waals surface area (Å²) < 4.78 is 37.7. The molecule has 0 amide bonds. The van der Waals surface area contributed by atoms with Crippen LogP contribution in [-0.4, -0.2) is 4.98 Å². The Hall–Kier alpha value is -1.61. The lowest BCUT2D eigenvalue weighted by atomic mass is 10.0. The molecular formula is C9H8F3N3. The zero-order valence-corrected chi connectivity index (χ0v) is 7.67. The van der Waals surface area contributed by atoms with Crippen molar-refractivity contribution in [2.24, 2.45) is 5.73 Å². The predicted octanol–water partition coefficient (Wildman–Crippen LogP) is 1.68. The van der Waals surface area contributed by atoms with Gasteiger partial charge in [0.1, 0.15) is 5.69 Å². The summed E-state index contributed by atoms with van der Waals surface area (Å²) in [5.41, 5.74) is 4.79. The summed E-state index contributed by atoms with van der Waals surface area (Å²) in [6.45, 7) is -0.101. The predicted molar refractivity (Wildman–Crippen MR) is 46.4 cm³/mol. The van der Waals surface area contributed by atoms with Crippen LogP contribution in [0.4, 0.5) is 13.2 Å². The number of alkyl halides is 2. The van der Waals surface area contributed by atoms with E-state index >= 15 is 0 Å². The molecule has 3 nitrogen and oxygen atoms in total. The molecule has 0 fully saturated rings. The van der Waals surface area contributed by atoms with Gasteiger partial charge >= 0.3 is 0 Å². The van der Waals surface area contributed by atoms with E-state index in [0.717, 1.165) is 6.07 Å². The number of nitrogens with zero attached hydrogens (tertiary/aromatic N) is 2. The van der Waals surface area contributed by atoms with Gasteiger partial charge in [-0.05, 0) is 17.2 Å². The normalized spacial score (nSPS) is 10.4. The first kappa shape index (κ1) is 11.5. The molecule has 80 valence electrons. The molecule has 0 saturated carbocycles. The fourth-order valence-electron chi connectivity index (χ4n) is 1.26. The summed E-state index contributed by atoms with van der Waals surface area (Å²) in [5.74, 6) is -1.01. The molecule has 0 bridgehead atoms. The van der Waals surface area contributed by atoms with Crippen molar-refractivity contribution in [1.82, 2.24) is 4.98 Å². The van der Waals surface area contributed by atoms with Crippen molar-refractivity contribution in [3.63, 3.8) is 0 Å². The molecule has 0 spiro atoms. The van der Waals surface area contributed by atoms with E-state index in [2.05, 4.69) is 4.98 Å². The molecule has 1 heterocycles. The summed E-state index contributed by atoms with van der Waals surface area (Å²) in [5, 5.41) is 8.46. The van der Waals surface area contributed by atoms with Gasteiger partial charge in [-0.3, -0.25) is 0 Å². The third kappa shape index (κ3) is 2.44. The van der Waals surface area contributed by atoms with Crippen LogP contribution in [0.1, 0.15) is 23.2 Å². The van der Waals surface area contributed by atoms with Crippen LogP contribution in [0.25, 0.3) is 0 Å². The van der Waals surface area contributed by atoms with Crippen molar-refractivity contribution in [3.05, 3.63) is 28.8 Å². The third-order valence-corrected chi connectivity index (χ3v) is 1.90. The fraction of sp³-hybridized carbons (Fsp3) is 0.333. The Kier molecular flexibility index (Phi) is 3.63. The van der Waals surface area contributed by atoms with E-state index in [1.807, 2.05) is 0 Å². The zero-order valence-electron chi connectivity index (χ0n) is 7.67. The van der Waals surface area contributed by atoms with Gasteiger partial charge in [0.25, 0.3) is 6.43 Å². The van der Waals surface area contributed by atoms with Crippen molar-refractivity contribution in [1.29, 1.82) is 5.26 Å². The maximum Gasteiger partial charge on any atom is 0.280 e. The molecule has 6 heteroatoms. The Labute approximate surface area is 84.3 Å². The first-order chi connectivity index (χ1) is 7.10. The average Bonchev–Trinajstić information content (AvgIpc) is 2.19. The molecular weight excluding hydrogens is 207 g/mol. The van der Waals surface area contributed by atoms with Gasteiger partial charge in [-0.15, -0.1) is 0 Å². The number of hydrogen-bond acceptors (Lipinski definition) is 3. The Morgan fingerprint density at radius 1 is 1.53 bits per heavy atom. The maximum atomic E-state index is 12.8. The highest BCUT2D eigenvalue weighted by atomic mass is 19.3. The van der Waals surface area contributed by atoms with Gasteiger partial charge in [-0.1, -0.05) is 0 Å². The van der Waals surface area contributed by atoms with E-state index in [1.54, 1.807) is 6.07 Å². The van der Waals surface area contributed by atoms with Crippen LogP contribution in [0, 0.1) is 17.3 Å².